The van der Waals surface area contributed by atoms with Gasteiger partial charge in [-0.2, -0.15) is 0 Å². The van der Waals surface area contributed by atoms with Crippen LogP contribution in [0.15, 0.2) is 42.5 Å². The van der Waals surface area contributed by atoms with Gasteiger partial charge >= 0.3 is 0 Å². The van der Waals surface area contributed by atoms with Crippen LogP contribution in [0.25, 0.3) is 0 Å². The van der Waals surface area contributed by atoms with Crippen molar-refractivity contribution in [3.8, 4) is 0 Å². The van der Waals surface area contributed by atoms with E-state index in [2.05, 4.69) is 35.0 Å². The largest absolute Gasteiger partial charge is 0.399 e. The van der Waals surface area contributed by atoms with Crippen LogP contribution < -0.4 is 10.6 Å². The highest BCUT2D eigenvalue weighted by Crippen LogP contribution is 2.19. The second kappa shape index (κ2) is 6.23. The highest BCUT2D eigenvalue weighted by Gasteiger charge is 2.07. The van der Waals surface area contributed by atoms with E-state index in [0.717, 1.165) is 42.3 Å². The Balaban J connectivity index is 2.21. The minimum atomic E-state index is 0.802. The van der Waals surface area contributed by atoms with Crippen LogP contribution in [0.2, 0.25) is 0 Å². The number of hydrogen-bond acceptors (Lipinski definition) is 3. The molecular weight excluding hydrogens is 234 g/mol. The van der Waals surface area contributed by atoms with Crippen molar-refractivity contribution >= 4 is 11.4 Å². The average molecular weight is 255 g/mol. The molecule has 2 aromatic rings. The van der Waals surface area contributed by atoms with Crippen molar-refractivity contribution in [2.45, 2.75) is 26.8 Å². The molecule has 0 spiro atoms. The molecular formula is C16H21N3. The van der Waals surface area contributed by atoms with Crippen molar-refractivity contribution in [2.75, 3.05) is 17.2 Å². The zero-order valence-electron chi connectivity index (χ0n) is 11.6. The fourth-order valence-electron chi connectivity index (χ4n) is 2.17. The lowest BCUT2D eigenvalue weighted by Gasteiger charge is -2.24. The zero-order valence-corrected chi connectivity index (χ0v) is 11.6. The van der Waals surface area contributed by atoms with Gasteiger partial charge in [-0.25, -0.2) is 0 Å². The van der Waals surface area contributed by atoms with Gasteiger partial charge in [0.05, 0.1) is 12.2 Å². The van der Waals surface area contributed by atoms with Gasteiger partial charge in [-0.3, -0.25) is 4.98 Å². The van der Waals surface area contributed by atoms with Crippen LogP contribution in [0.1, 0.15) is 24.7 Å². The molecule has 0 radical (unpaired) electrons. The number of aromatic nitrogens is 1. The Morgan fingerprint density at radius 2 is 1.95 bits per heavy atom. The maximum atomic E-state index is 5.87. The molecule has 2 N–H and O–H groups in total. The molecule has 0 saturated carbocycles. The lowest BCUT2D eigenvalue weighted by atomic mass is 10.2. The highest BCUT2D eigenvalue weighted by molar-refractivity contribution is 5.56. The van der Waals surface area contributed by atoms with Gasteiger partial charge in [0.25, 0.3) is 0 Å². The molecule has 0 amide bonds. The summed E-state index contributed by atoms with van der Waals surface area (Å²) < 4.78 is 0. The second-order valence-electron chi connectivity index (χ2n) is 4.79. The summed E-state index contributed by atoms with van der Waals surface area (Å²) >= 11 is 0. The minimum absolute atomic E-state index is 0.802. The van der Waals surface area contributed by atoms with Gasteiger partial charge in [-0.15, -0.1) is 0 Å². The summed E-state index contributed by atoms with van der Waals surface area (Å²) in [5.41, 5.74) is 9.98. The maximum Gasteiger partial charge on any atom is 0.0602 e. The molecule has 1 heterocycles. The molecule has 3 nitrogen and oxygen atoms in total. The third-order valence-electron chi connectivity index (χ3n) is 3.03. The van der Waals surface area contributed by atoms with Gasteiger partial charge < -0.3 is 10.6 Å². The first-order valence-corrected chi connectivity index (χ1v) is 6.72. The maximum absolute atomic E-state index is 5.87. The average Bonchev–Trinajstić information content (AvgIpc) is 2.38. The predicted molar refractivity (Wildman–Crippen MR) is 81.2 cm³/mol. The van der Waals surface area contributed by atoms with Crippen LogP contribution in [0.4, 0.5) is 11.4 Å². The first-order valence-electron chi connectivity index (χ1n) is 6.72. The van der Waals surface area contributed by atoms with Crippen LogP contribution in [0.3, 0.4) is 0 Å². The molecule has 1 aromatic carbocycles. The first kappa shape index (κ1) is 13.4. The quantitative estimate of drug-likeness (QED) is 0.833. The number of nitrogens with two attached hydrogens (primary N) is 1. The summed E-state index contributed by atoms with van der Waals surface area (Å²) in [5.74, 6) is 0. The predicted octanol–water partition coefficient (Wildman–Crippen LogP) is 3.39. The van der Waals surface area contributed by atoms with Crippen molar-refractivity contribution in [3.05, 3.63) is 53.9 Å². The van der Waals surface area contributed by atoms with Crippen molar-refractivity contribution in [3.63, 3.8) is 0 Å². The van der Waals surface area contributed by atoms with Gasteiger partial charge in [0, 0.05) is 23.6 Å². The molecule has 0 atom stereocenters. The van der Waals surface area contributed by atoms with Crippen LogP contribution >= 0.6 is 0 Å². The lowest BCUT2D eigenvalue weighted by molar-refractivity contribution is 0.752. The van der Waals surface area contributed by atoms with Gasteiger partial charge in [0.15, 0.2) is 0 Å². The first-order chi connectivity index (χ1) is 9.19. The number of anilines is 2. The molecule has 0 aliphatic carbocycles. The fourth-order valence-corrected chi connectivity index (χ4v) is 2.17. The third kappa shape index (κ3) is 3.71. The SMILES string of the molecule is CCCN(Cc1cccc(C)n1)c1cccc(N)c1. The monoisotopic (exact) mass is 255 g/mol. The molecule has 0 unspecified atom stereocenters. The van der Waals surface area contributed by atoms with E-state index in [0.29, 0.717) is 0 Å². The number of rotatable bonds is 5. The molecule has 0 aliphatic rings. The van der Waals surface area contributed by atoms with E-state index in [1.54, 1.807) is 0 Å². The minimum Gasteiger partial charge on any atom is -0.399 e. The van der Waals surface area contributed by atoms with Crippen LogP contribution in [-0.4, -0.2) is 11.5 Å². The number of nitrogens with zero attached hydrogens (tertiary/aromatic N) is 2. The van der Waals surface area contributed by atoms with Crippen molar-refractivity contribution < 1.29 is 0 Å². The molecule has 19 heavy (non-hydrogen) atoms. The molecule has 0 bridgehead atoms. The standard InChI is InChI=1S/C16H21N3/c1-3-10-19(16-9-5-7-14(17)11-16)12-15-8-4-6-13(2)18-15/h4-9,11H,3,10,12,17H2,1-2H3. The molecule has 1 aromatic heterocycles. The summed E-state index contributed by atoms with van der Waals surface area (Å²) in [5, 5.41) is 0. The van der Waals surface area contributed by atoms with Crippen LogP contribution in [0.5, 0.6) is 0 Å². The molecule has 0 fully saturated rings. The topological polar surface area (TPSA) is 42.2 Å². The Bertz CT molecular complexity index is 537. The summed E-state index contributed by atoms with van der Waals surface area (Å²) in [6.45, 7) is 6.02. The van der Waals surface area contributed by atoms with E-state index in [1.807, 2.05) is 31.2 Å². The Hall–Kier alpha value is -2.03. The Kier molecular flexibility index (Phi) is 4.39. The summed E-state index contributed by atoms with van der Waals surface area (Å²) in [7, 11) is 0. The van der Waals surface area contributed by atoms with E-state index in [9.17, 15) is 0 Å². The van der Waals surface area contributed by atoms with Gasteiger partial charge in [0.2, 0.25) is 0 Å². The zero-order chi connectivity index (χ0) is 13.7. The van der Waals surface area contributed by atoms with Crippen molar-refractivity contribution in [1.29, 1.82) is 0 Å². The van der Waals surface area contributed by atoms with E-state index in [-0.39, 0.29) is 0 Å². The van der Waals surface area contributed by atoms with Crippen molar-refractivity contribution in [1.82, 2.24) is 4.98 Å². The smallest absolute Gasteiger partial charge is 0.0602 e. The van der Waals surface area contributed by atoms with Crippen LogP contribution in [0, 0.1) is 6.92 Å². The normalized spacial score (nSPS) is 10.4. The third-order valence-corrected chi connectivity index (χ3v) is 3.03. The van der Waals surface area contributed by atoms with Crippen LogP contribution in [-0.2, 0) is 6.54 Å². The highest BCUT2D eigenvalue weighted by atomic mass is 15.1. The number of hydrogen-bond donors (Lipinski definition) is 1. The van der Waals surface area contributed by atoms with E-state index < -0.39 is 0 Å². The van der Waals surface area contributed by atoms with E-state index in [1.165, 1.54) is 0 Å². The van der Waals surface area contributed by atoms with Gasteiger partial charge in [-0.1, -0.05) is 19.1 Å². The summed E-state index contributed by atoms with van der Waals surface area (Å²) in [4.78, 5) is 6.89. The van der Waals surface area contributed by atoms with Crippen molar-refractivity contribution in [2.24, 2.45) is 0 Å². The molecule has 0 saturated heterocycles. The Labute approximate surface area is 115 Å². The molecule has 100 valence electrons. The molecule has 3 heteroatoms. The summed E-state index contributed by atoms with van der Waals surface area (Å²) in [6, 6.07) is 14.2. The number of nitrogen functional groups attached to an aromatic ring is 1. The number of benzene rings is 1. The second-order valence-corrected chi connectivity index (χ2v) is 4.79. The Morgan fingerprint density at radius 3 is 2.63 bits per heavy atom. The molecule has 0 aliphatic heterocycles. The lowest BCUT2D eigenvalue weighted by Crippen LogP contribution is -2.24. The fraction of sp³-hybridized carbons (Fsp3) is 0.312. The van der Waals surface area contributed by atoms with Gasteiger partial charge in [0.1, 0.15) is 0 Å². The van der Waals surface area contributed by atoms with E-state index >= 15 is 0 Å². The van der Waals surface area contributed by atoms with E-state index in [4.69, 9.17) is 5.73 Å². The Morgan fingerprint density at radius 1 is 1.16 bits per heavy atom. The number of aryl methyl sites for hydroxylation is 1. The number of pyridine rings is 1. The molecule has 2 rings (SSSR count). The van der Waals surface area contributed by atoms with Gasteiger partial charge in [-0.05, 0) is 43.7 Å². The summed E-state index contributed by atoms with van der Waals surface area (Å²) in [6.07, 6.45) is 1.10.